The number of benzene rings is 3. The van der Waals surface area contributed by atoms with Gasteiger partial charge >= 0.3 is 6.09 Å². The van der Waals surface area contributed by atoms with E-state index in [9.17, 15) is 39.0 Å². The molecule has 8 N–H and O–H groups in total. The van der Waals surface area contributed by atoms with E-state index in [2.05, 4.69) is 26.3 Å². The van der Waals surface area contributed by atoms with Crippen LogP contribution in [-0.4, -0.2) is 117 Å². The second kappa shape index (κ2) is 24.2. The lowest BCUT2D eigenvalue weighted by atomic mass is 9.85. The number of aromatic nitrogens is 1. The van der Waals surface area contributed by atoms with Crippen LogP contribution in [0.3, 0.4) is 0 Å². The van der Waals surface area contributed by atoms with Gasteiger partial charge < -0.3 is 51.6 Å². The topological polar surface area (TPSA) is 255 Å². The van der Waals surface area contributed by atoms with Gasteiger partial charge in [-0.15, -0.1) is 11.3 Å². The number of β-amino-alcohol motifs (C(OH)–C–C–N with tert-alkyl or cyclic N) is 1. The first kappa shape index (κ1) is 57.2. The third-order valence-corrected chi connectivity index (χ3v) is 14.9. The van der Waals surface area contributed by atoms with Crippen LogP contribution in [0, 0.1) is 18.2 Å². The van der Waals surface area contributed by atoms with E-state index in [-0.39, 0.29) is 69.4 Å². The molecule has 1 aromatic heterocycles. The predicted octanol–water partition coefficient (Wildman–Crippen LogP) is 5.67. The van der Waals surface area contributed by atoms with Crippen molar-refractivity contribution in [2.75, 3.05) is 18.1 Å². The lowest BCUT2D eigenvalue weighted by molar-refractivity contribution is -0.144. The Morgan fingerprint density at radius 1 is 0.934 bits per heavy atom. The molecule has 1 saturated heterocycles. The van der Waals surface area contributed by atoms with Crippen LogP contribution < -0.4 is 36.6 Å². The first-order chi connectivity index (χ1) is 35.9. The van der Waals surface area contributed by atoms with Gasteiger partial charge in [0.1, 0.15) is 42.6 Å². The van der Waals surface area contributed by atoms with Crippen molar-refractivity contribution < 1.29 is 52.8 Å². The molecule has 0 aliphatic carbocycles. The summed E-state index contributed by atoms with van der Waals surface area (Å²) in [5.74, 6) is -3.11. The molecule has 0 bridgehead atoms. The average Bonchev–Trinajstić information content (AvgIpc) is 4.06. The third kappa shape index (κ3) is 14.1. The maximum absolute atomic E-state index is 16.1. The molecular formula is C56H73FN8O10S. The van der Waals surface area contributed by atoms with Crippen LogP contribution in [-0.2, 0) is 48.0 Å². The number of halogens is 1. The Morgan fingerprint density at radius 2 is 1.63 bits per heavy atom. The number of ether oxygens (including phenoxy) is 2. The number of para-hydroxylation sites is 1. The smallest absolute Gasteiger partial charge is 0.408 e. The summed E-state index contributed by atoms with van der Waals surface area (Å²) in [5, 5.41) is 32.3. The zero-order valence-corrected chi connectivity index (χ0v) is 45.4. The number of nitrogens with two attached hydrogens (primary N) is 1. The van der Waals surface area contributed by atoms with E-state index in [1.54, 1.807) is 70.5 Å². The number of rotatable bonds is 19. The number of amides is 6. The molecule has 0 saturated carbocycles. The molecular weight excluding hydrogens is 996 g/mol. The van der Waals surface area contributed by atoms with Crippen LogP contribution in [0.2, 0.25) is 0 Å². The number of likely N-dealkylation sites (tertiary alicyclic amines) is 1. The average molecular weight is 1070 g/mol. The van der Waals surface area contributed by atoms with Gasteiger partial charge in [0, 0.05) is 25.8 Å². The number of nitrogens with one attached hydrogen (secondary N) is 4. The second-order valence-electron chi connectivity index (χ2n) is 22.2. The summed E-state index contributed by atoms with van der Waals surface area (Å²) in [6.45, 7) is 14.1. The third-order valence-electron chi connectivity index (χ3n) is 14.0. The van der Waals surface area contributed by atoms with Gasteiger partial charge in [-0.2, -0.15) is 0 Å². The minimum Gasteiger partial charge on any atom is -0.488 e. The molecule has 3 aromatic carbocycles. The molecule has 3 aliphatic heterocycles. The van der Waals surface area contributed by atoms with Crippen molar-refractivity contribution in [3.63, 3.8) is 0 Å². The van der Waals surface area contributed by atoms with Crippen LogP contribution in [0.1, 0.15) is 121 Å². The van der Waals surface area contributed by atoms with Crippen LogP contribution in [0.25, 0.3) is 10.4 Å². The van der Waals surface area contributed by atoms with Gasteiger partial charge in [-0.1, -0.05) is 75.4 Å². The van der Waals surface area contributed by atoms with Gasteiger partial charge in [0.05, 0.1) is 40.0 Å². The predicted molar refractivity (Wildman–Crippen MR) is 285 cm³/mol. The summed E-state index contributed by atoms with van der Waals surface area (Å²) in [6.07, 6.45) is -1.39. The number of thiazole rings is 1. The molecule has 8 atom stereocenters. The summed E-state index contributed by atoms with van der Waals surface area (Å²) in [5.41, 5.74) is 11.3. The Kier molecular flexibility index (Phi) is 18.3. The van der Waals surface area contributed by atoms with Crippen LogP contribution in [0.15, 0.2) is 66.2 Å². The number of carbonyl (C=O) groups excluding carboxylic acids is 6. The largest absolute Gasteiger partial charge is 0.488 e. The standard InChI is InChI=1S/C56H73FN8O10S/c1-31(33-18-20-36(21-19-33)48-32(2)59-30-76-48)60-50(69)41-27-39(66)28-64(41)53(72)49(55(3,4)5)63-45(68)17-11-13-34-12-10-16-43(46(34)57)74-29-38(23-25-44(58)67)61-51(70)42-26-37-15-9-14-35-22-24-40(52(71)65(42)47(35)37)62-54(73)75-56(6,7)8/h9-10,12,14-16,18-21,30-31,38-42,44,49,66-67H,11,13,17,22-29,58H2,1-8H3,(H,60,69)(H,61,70)(H,62,73)(H,63,68)/t31-,38-,39+,40-,41-,42-,44?,49+/m0/s1. The van der Waals surface area contributed by atoms with Crippen molar-refractivity contribution in [3.8, 4) is 16.2 Å². The highest BCUT2D eigenvalue weighted by molar-refractivity contribution is 7.13. The molecule has 18 nitrogen and oxygen atoms in total. The highest BCUT2D eigenvalue weighted by atomic mass is 32.1. The Hall–Kier alpha value is -6.48. The van der Waals surface area contributed by atoms with Crippen molar-refractivity contribution in [2.24, 2.45) is 11.1 Å². The highest BCUT2D eigenvalue weighted by Gasteiger charge is 2.46. The molecule has 3 aliphatic rings. The fourth-order valence-corrected chi connectivity index (χ4v) is 10.8. The maximum Gasteiger partial charge on any atom is 0.408 e. The van der Waals surface area contributed by atoms with E-state index in [1.807, 2.05) is 56.3 Å². The van der Waals surface area contributed by atoms with Gasteiger partial charge in [0.25, 0.3) is 0 Å². The molecule has 1 fully saturated rings. The Labute approximate surface area is 447 Å². The molecule has 1 unspecified atom stereocenters. The normalized spacial score (nSPS) is 19.9. The first-order valence-corrected chi connectivity index (χ1v) is 26.9. The fraction of sp³-hybridized carbons (Fsp3) is 0.518. The number of hydrogen-bond donors (Lipinski definition) is 7. The van der Waals surface area contributed by atoms with Crippen molar-refractivity contribution in [1.29, 1.82) is 0 Å². The molecule has 20 heteroatoms. The summed E-state index contributed by atoms with van der Waals surface area (Å²) in [7, 11) is 0. The fourth-order valence-electron chi connectivity index (χ4n) is 10.0. The monoisotopic (exact) mass is 1070 g/mol. The molecule has 4 aromatic rings. The lowest BCUT2D eigenvalue weighted by Crippen LogP contribution is -2.57. The zero-order valence-electron chi connectivity index (χ0n) is 44.6. The van der Waals surface area contributed by atoms with Crippen molar-refractivity contribution >= 4 is 52.7 Å². The van der Waals surface area contributed by atoms with Gasteiger partial charge in [-0.25, -0.2) is 14.2 Å². The zero-order chi connectivity index (χ0) is 55.2. The molecule has 0 spiro atoms. The van der Waals surface area contributed by atoms with Gasteiger partial charge in [0.15, 0.2) is 11.6 Å². The van der Waals surface area contributed by atoms with Gasteiger partial charge in [0.2, 0.25) is 29.5 Å². The number of alkyl carbamates (subject to hydrolysis) is 1. The number of carbonyl (C=O) groups is 6. The molecule has 7 rings (SSSR count). The van der Waals surface area contributed by atoms with E-state index in [4.69, 9.17) is 15.2 Å². The first-order valence-electron chi connectivity index (χ1n) is 26.0. The minimum atomic E-state index is -1.21. The lowest BCUT2D eigenvalue weighted by Gasteiger charge is -2.35. The van der Waals surface area contributed by atoms with E-state index < -0.39 is 101 Å². The van der Waals surface area contributed by atoms with Crippen LogP contribution in [0.4, 0.5) is 14.9 Å². The number of anilines is 1. The number of aliphatic hydroxyl groups is 2. The highest BCUT2D eigenvalue weighted by Crippen LogP contribution is 2.39. The SMILES string of the molecule is Cc1ncsc1-c1ccc([C@H](C)NC(=O)[C@@H]2C[C@@H](O)CN2C(=O)[C@@H](NC(=O)CCCc2cccc(OC[C@H](CCC(N)O)NC(=O)[C@@H]3Cc4cccc5c4N3C(=O)[C@@H](NC(=O)OC(C)(C)C)CC5)c2F)C(C)(C)C)cc1. The summed E-state index contributed by atoms with van der Waals surface area (Å²) in [6, 6.07) is 12.9. The summed E-state index contributed by atoms with van der Waals surface area (Å²) in [4.78, 5) is 91.0. The van der Waals surface area contributed by atoms with E-state index in [1.165, 1.54) is 15.9 Å². The molecule has 410 valence electrons. The van der Waals surface area contributed by atoms with Crippen molar-refractivity contribution in [3.05, 3.63) is 99.9 Å². The van der Waals surface area contributed by atoms with Crippen molar-refractivity contribution in [2.45, 2.75) is 167 Å². The van der Waals surface area contributed by atoms with Gasteiger partial charge in [-0.05, 0) is 112 Å². The maximum atomic E-state index is 16.1. The number of aliphatic hydroxyl groups excluding tert-OH is 2. The number of nitrogens with zero attached hydrogens (tertiary/aromatic N) is 3. The van der Waals surface area contributed by atoms with Crippen molar-refractivity contribution in [1.82, 2.24) is 31.2 Å². The molecule has 76 heavy (non-hydrogen) atoms. The molecule has 4 heterocycles. The van der Waals surface area contributed by atoms with Crippen LogP contribution in [0.5, 0.6) is 5.75 Å². The number of hydrogen-bond acceptors (Lipinski definition) is 13. The molecule has 6 amide bonds. The summed E-state index contributed by atoms with van der Waals surface area (Å²) < 4.78 is 27.6. The second-order valence-corrected chi connectivity index (χ2v) is 23.1. The molecule has 0 radical (unpaired) electrons. The Bertz CT molecular complexity index is 2760. The quantitative estimate of drug-likeness (QED) is 0.0561. The van der Waals surface area contributed by atoms with E-state index in [0.29, 0.717) is 18.5 Å². The summed E-state index contributed by atoms with van der Waals surface area (Å²) >= 11 is 1.55. The van der Waals surface area contributed by atoms with E-state index >= 15 is 4.39 Å². The Balaban J connectivity index is 0.943. The number of aryl methyl sites for hydroxylation is 3. The van der Waals surface area contributed by atoms with Gasteiger partial charge in [-0.3, -0.25) is 28.9 Å². The minimum absolute atomic E-state index is 0.0365. The Morgan fingerprint density at radius 3 is 2.30 bits per heavy atom. The van der Waals surface area contributed by atoms with Crippen LogP contribution >= 0.6 is 11.3 Å². The van der Waals surface area contributed by atoms with E-state index in [0.717, 1.165) is 32.8 Å².